The molecule has 0 N–H and O–H groups in total. The molecule has 1 atom stereocenters. The smallest absolute Gasteiger partial charge is 0.247 e. The van der Waals surface area contributed by atoms with Crippen molar-refractivity contribution < 1.29 is 19.1 Å². The molecule has 46 heavy (non-hydrogen) atoms. The van der Waals surface area contributed by atoms with Crippen LogP contribution in [0.15, 0.2) is 103 Å². The number of morpholine rings is 1. The Morgan fingerprint density at radius 2 is 1.63 bits per heavy atom. The van der Waals surface area contributed by atoms with Crippen molar-refractivity contribution in [3.8, 4) is 5.75 Å². The summed E-state index contributed by atoms with van der Waals surface area (Å²) < 4.78 is 10.8. The Bertz CT molecular complexity index is 1630. The van der Waals surface area contributed by atoms with Crippen LogP contribution >= 0.6 is 0 Å². The lowest BCUT2D eigenvalue weighted by Gasteiger charge is -2.37. The maximum absolute atomic E-state index is 14.5. The Hall–Kier alpha value is -4.95. The highest BCUT2D eigenvalue weighted by Gasteiger charge is 2.34. The Morgan fingerprint density at radius 1 is 0.891 bits per heavy atom. The van der Waals surface area contributed by atoms with Crippen molar-refractivity contribution in [2.45, 2.75) is 32.0 Å². The molecule has 1 fully saturated rings. The van der Waals surface area contributed by atoms with E-state index in [9.17, 15) is 9.59 Å². The van der Waals surface area contributed by atoms with E-state index in [1.54, 1.807) is 24.2 Å². The van der Waals surface area contributed by atoms with Crippen molar-refractivity contribution in [1.82, 2.24) is 14.8 Å². The molecule has 8 nitrogen and oxygen atoms in total. The van der Waals surface area contributed by atoms with E-state index in [2.05, 4.69) is 17.0 Å². The fourth-order valence-electron chi connectivity index (χ4n) is 6.07. The Balaban J connectivity index is 1.32. The first-order valence-electron chi connectivity index (χ1n) is 15.9. The van der Waals surface area contributed by atoms with E-state index in [0.29, 0.717) is 32.7 Å². The lowest BCUT2D eigenvalue weighted by Crippen LogP contribution is -2.52. The van der Waals surface area contributed by atoms with E-state index in [0.717, 1.165) is 53.3 Å². The molecule has 2 aliphatic rings. The van der Waals surface area contributed by atoms with E-state index < -0.39 is 6.04 Å². The van der Waals surface area contributed by atoms with Gasteiger partial charge in [-0.1, -0.05) is 72.8 Å². The molecule has 2 amide bonds. The molecule has 4 aromatic rings. The SMILES string of the molecule is COc1ccc(C=CC(=O)N(Cc2ccc(N3CCOCC3)nc2)[C@@H](Cc2ccccc2)C(=O)N2CCc3ccccc3C2)cc1. The Kier molecular flexibility index (Phi) is 10.0. The summed E-state index contributed by atoms with van der Waals surface area (Å²) in [6.07, 6.45) is 6.36. The van der Waals surface area contributed by atoms with Gasteiger partial charge in [-0.05, 0) is 58.5 Å². The summed E-state index contributed by atoms with van der Waals surface area (Å²) in [5.74, 6) is 1.34. The van der Waals surface area contributed by atoms with Gasteiger partial charge < -0.3 is 24.2 Å². The zero-order valence-corrected chi connectivity index (χ0v) is 26.3. The highest BCUT2D eigenvalue weighted by atomic mass is 16.5. The van der Waals surface area contributed by atoms with Crippen molar-refractivity contribution >= 4 is 23.7 Å². The number of ether oxygens (including phenoxy) is 2. The van der Waals surface area contributed by atoms with Gasteiger partial charge in [0.15, 0.2) is 0 Å². The Labute approximate surface area is 270 Å². The minimum Gasteiger partial charge on any atom is -0.497 e. The standard InChI is InChI=1S/C38H40N4O4/c1-45-34-15-11-29(12-16-34)14-18-37(43)42(27-31-13-17-36(39-26-31)40-21-23-46-24-22-40)35(25-30-7-3-2-4-8-30)38(44)41-20-19-32-9-5-6-10-33(32)28-41/h2-18,26,35H,19-25,27-28H2,1H3/t35-/m0/s1. The summed E-state index contributed by atoms with van der Waals surface area (Å²) in [5.41, 5.74) is 5.15. The number of amides is 2. The van der Waals surface area contributed by atoms with Gasteiger partial charge in [-0.25, -0.2) is 4.98 Å². The van der Waals surface area contributed by atoms with Crippen LogP contribution < -0.4 is 9.64 Å². The molecule has 8 heteroatoms. The molecule has 236 valence electrons. The molecule has 0 saturated carbocycles. The average molecular weight is 617 g/mol. The molecule has 0 aliphatic carbocycles. The molecule has 1 aromatic heterocycles. The first-order valence-corrected chi connectivity index (χ1v) is 15.9. The van der Waals surface area contributed by atoms with Crippen LogP contribution in [0.25, 0.3) is 6.08 Å². The number of aromatic nitrogens is 1. The highest BCUT2D eigenvalue weighted by molar-refractivity contribution is 5.96. The van der Waals surface area contributed by atoms with Crippen LogP contribution in [0.3, 0.4) is 0 Å². The van der Waals surface area contributed by atoms with Crippen molar-refractivity contribution in [2.75, 3.05) is 44.9 Å². The minimum atomic E-state index is -0.709. The number of hydrogen-bond acceptors (Lipinski definition) is 6. The van der Waals surface area contributed by atoms with Gasteiger partial charge in [-0.2, -0.15) is 0 Å². The number of hydrogen-bond donors (Lipinski definition) is 0. The van der Waals surface area contributed by atoms with Crippen LogP contribution in [-0.2, 0) is 40.3 Å². The molecule has 1 saturated heterocycles. The molecule has 0 spiro atoms. The average Bonchev–Trinajstić information content (AvgIpc) is 3.13. The van der Waals surface area contributed by atoms with Crippen molar-refractivity contribution in [3.05, 3.63) is 131 Å². The second kappa shape index (κ2) is 14.9. The van der Waals surface area contributed by atoms with Crippen LogP contribution in [0, 0.1) is 0 Å². The number of rotatable bonds is 10. The number of anilines is 1. The molecule has 0 radical (unpaired) electrons. The first-order chi connectivity index (χ1) is 22.6. The molecular weight excluding hydrogens is 576 g/mol. The summed E-state index contributed by atoms with van der Waals surface area (Å²) >= 11 is 0. The number of methoxy groups -OCH3 is 1. The van der Waals surface area contributed by atoms with Crippen LogP contribution in [0.1, 0.15) is 27.8 Å². The van der Waals surface area contributed by atoms with E-state index >= 15 is 0 Å². The fraction of sp³-hybridized carbons (Fsp3) is 0.289. The molecule has 3 aromatic carbocycles. The summed E-state index contributed by atoms with van der Waals surface area (Å²) in [6, 6.07) is 29.0. The monoisotopic (exact) mass is 616 g/mol. The summed E-state index contributed by atoms with van der Waals surface area (Å²) in [4.78, 5) is 39.2. The molecular formula is C38H40N4O4. The summed E-state index contributed by atoms with van der Waals surface area (Å²) in [5, 5.41) is 0. The van der Waals surface area contributed by atoms with Gasteiger partial charge in [0.05, 0.1) is 20.3 Å². The van der Waals surface area contributed by atoms with Crippen LogP contribution in [0.4, 0.5) is 5.82 Å². The number of carbonyl (C=O) groups excluding carboxylic acids is 2. The minimum absolute atomic E-state index is 0.0533. The predicted molar refractivity (Wildman–Crippen MR) is 179 cm³/mol. The maximum atomic E-state index is 14.5. The molecule has 0 bridgehead atoms. The molecule has 6 rings (SSSR count). The number of nitrogens with zero attached hydrogens (tertiary/aromatic N) is 4. The van der Waals surface area contributed by atoms with Crippen LogP contribution in [0.2, 0.25) is 0 Å². The van der Waals surface area contributed by atoms with Crippen LogP contribution in [-0.4, -0.2) is 72.6 Å². The molecule has 2 aliphatic heterocycles. The lowest BCUT2D eigenvalue weighted by molar-refractivity contribution is -0.144. The second-order valence-corrected chi connectivity index (χ2v) is 11.7. The largest absolute Gasteiger partial charge is 0.497 e. The zero-order chi connectivity index (χ0) is 31.7. The van der Waals surface area contributed by atoms with Crippen LogP contribution in [0.5, 0.6) is 5.75 Å². The predicted octanol–water partition coefficient (Wildman–Crippen LogP) is 5.17. The first kappa shape index (κ1) is 31.0. The highest BCUT2D eigenvalue weighted by Crippen LogP contribution is 2.24. The van der Waals surface area contributed by atoms with Crippen molar-refractivity contribution in [1.29, 1.82) is 0 Å². The van der Waals surface area contributed by atoms with E-state index in [1.807, 2.05) is 90.0 Å². The van der Waals surface area contributed by atoms with Crippen molar-refractivity contribution in [3.63, 3.8) is 0 Å². The maximum Gasteiger partial charge on any atom is 0.247 e. The summed E-state index contributed by atoms with van der Waals surface area (Å²) in [6.45, 7) is 4.32. The number of fused-ring (bicyclic) bond motifs is 1. The van der Waals surface area contributed by atoms with Gasteiger partial charge in [0.25, 0.3) is 0 Å². The summed E-state index contributed by atoms with van der Waals surface area (Å²) in [7, 11) is 1.62. The van der Waals surface area contributed by atoms with Crippen molar-refractivity contribution in [2.24, 2.45) is 0 Å². The molecule has 3 heterocycles. The second-order valence-electron chi connectivity index (χ2n) is 11.7. The fourth-order valence-corrected chi connectivity index (χ4v) is 6.07. The quantitative estimate of drug-likeness (QED) is 0.229. The number of pyridine rings is 1. The third kappa shape index (κ3) is 7.64. The normalized spacial score (nSPS) is 15.3. The van der Waals surface area contributed by atoms with E-state index in [-0.39, 0.29) is 18.4 Å². The van der Waals surface area contributed by atoms with E-state index in [4.69, 9.17) is 14.5 Å². The number of carbonyl (C=O) groups is 2. The third-order valence-corrected chi connectivity index (χ3v) is 8.69. The number of benzene rings is 3. The Morgan fingerprint density at radius 3 is 2.35 bits per heavy atom. The van der Waals surface area contributed by atoms with Gasteiger partial charge in [0.1, 0.15) is 17.6 Å². The zero-order valence-electron chi connectivity index (χ0n) is 26.3. The van der Waals surface area contributed by atoms with E-state index in [1.165, 1.54) is 5.56 Å². The lowest BCUT2D eigenvalue weighted by atomic mass is 9.97. The van der Waals surface area contributed by atoms with Gasteiger partial charge in [-0.15, -0.1) is 0 Å². The molecule has 0 unspecified atom stereocenters. The van der Waals surface area contributed by atoms with Gasteiger partial charge in [0, 0.05) is 51.4 Å². The third-order valence-electron chi connectivity index (χ3n) is 8.69. The topological polar surface area (TPSA) is 75.2 Å². The van der Waals surface area contributed by atoms with Gasteiger partial charge in [-0.3, -0.25) is 9.59 Å². The van der Waals surface area contributed by atoms with Gasteiger partial charge in [0.2, 0.25) is 11.8 Å². The van der Waals surface area contributed by atoms with Gasteiger partial charge >= 0.3 is 0 Å².